The number of rotatable bonds is 6. The van der Waals surface area contributed by atoms with Gasteiger partial charge in [0.05, 0.1) is 23.1 Å². The van der Waals surface area contributed by atoms with E-state index in [1.54, 1.807) is 72.8 Å². The monoisotopic (exact) mass is 444 g/mol. The van der Waals surface area contributed by atoms with Crippen LogP contribution in [0.3, 0.4) is 0 Å². The Hall–Kier alpha value is -3.89. The fraction of sp³-hybridized carbons (Fsp3) is 0.0800. The summed E-state index contributed by atoms with van der Waals surface area (Å²) in [4.78, 5) is 26.6. The van der Waals surface area contributed by atoms with E-state index in [0.717, 1.165) is 22.2 Å². The van der Waals surface area contributed by atoms with Crippen LogP contribution in [0.2, 0.25) is 0 Å². The van der Waals surface area contributed by atoms with Gasteiger partial charge in [0.2, 0.25) is 0 Å². The molecule has 158 valence electrons. The number of imide groups is 1. The van der Waals surface area contributed by atoms with Crippen LogP contribution >= 0.6 is 11.8 Å². The quantitative estimate of drug-likeness (QED) is 0.469. The number of ether oxygens (including phenoxy) is 1. The highest BCUT2D eigenvalue weighted by Crippen LogP contribution is 2.33. The molecular formula is C25H17FN2O3S. The van der Waals surface area contributed by atoms with E-state index in [1.165, 1.54) is 6.07 Å². The molecule has 0 spiro atoms. The van der Waals surface area contributed by atoms with Crippen molar-refractivity contribution in [2.75, 3.05) is 0 Å². The lowest BCUT2D eigenvalue weighted by Crippen LogP contribution is -2.27. The van der Waals surface area contributed by atoms with Crippen LogP contribution in [0.1, 0.15) is 22.3 Å². The molecule has 3 aromatic rings. The minimum Gasteiger partial charge on any atom is -0.489 e. The van der Waals surface area contributed by atoms with E-state index in [4.69, 9.17) is 4.74 Å². The second-order valence-corrected chi connectivity index (χ2v) is 7.98. The molecular weight excluding hydrogens is 427 g/mol. The third-order valence-corrected chi connectivity index (χ3v) is 5.78. The topological polar surface area (TPSA) is 70.4 Å². The van der Waals surface area contributed by atoms with E-state index in [0.29, 0.717) is 27.3 Å². The second-order valence-electron chi connectivity index (χ2n) is 6.99. The summed E-state index contributed by atoms with van der Waals surface area (Å²) in [5.41, 5.74) is 2.24. The molecule has 0 aliphatic carbocycles. The SMILES string of the molecule is N#Cc1ccccc1CN1C(=O)S/C(=C/c2ccc(OCc3ccccc3F)cc2)C1=O. The summed E-state index contributed by atoms with van der Waals surface area (Å²) in [6, 6.07) is 22.3. The van der Waals surface area contributed by atoms with Crippen molar-refractivity contribution in [2.24, 2.45) is 0 Å². The molecule has 1 aliphatic rings. The summed E-state index contributed by atoms with van der Waals surface area (Å²) in [7, 11) is 0. The summed E-state index contributed by atoms with van der Waals surface area (Å²) >= 11 is 0.865. The first kappa shape index (κ1) is 21.3. The average Bonchev–Trinajstić information content (AvgIpc) is 3.07. The first-order chi connectivity index (χ1) is 15.5. The fourth-order valence-corrected chi connectivity index (χ4v) is 4.00. The molecule has 0 atom stereocenters. The Morgan fingerprint density at radius 2 is 1.66 bits per heavy atom. The number of hydrogen-bond donors (Lipinski definition) is 0. The average molecular weight is 444 g/mol. The van der Waals surface area contributed by atoms with Crippen LogP contribution in [-0.2, 0) is 17.9 Å². The standard InChI is InChI=1S/C25H17FN2O3S/c26-22-8-4-3-7-20(22)16-31-21-11-9-17(10-12-21)13-23-24(29)28(25(30)32-23)15-19-6-2-1-5-18(19)14-27/h1-13H,15-16H2/b23-13+. The molecule has 5 nitrogen and oxygen atoms in total. The van der Waals surface area contributed by atoms with Crippen molar-refractivity contribution < 1.29 is 18.7 Å². The predicted molar refractivity (Wildman–Crippen MR) is 120 cm³/mol. The largest absolute Gasteiger partial charge is 0.489 e. The second kappa shape index (κ2) is 9.50. The summed E-state index contributed by atoms with van der Waals surface area (Å²) in [5, 5.41) is 8.85. The van der Waals surface area contributed by atoms with Crippen LogP contribution < -0.4 is 4.74 Å². The van der Waals surface area contributed by atoms with Crippen molar-refractivity contribution in [1.29, 1.82) is 5.26 Å². The molecule has 1 saturated heterocycles. The Kier molecular flexibility index (Phi) is 6.34. The van der Waals surface area contributed by atoms with Crippen molar-refractivity contribution in [3.63, 3.8) is 0 Å². The summed E-state index contributed by atoms with van der Waals surface area (Å²) < 4.78 is 19.3. The molecule has 1 aliphatic heterocycles. The lowest BCUT2D eigenvalue weighted by molar-refractivity contribution is -0.123. The van der Waals surface area contributed by atoms with E-state index in [-0.39, 0.29) is 24.2 Å². The molecule has 0 aromatic heterocycles. The molecule has 0 bridgehead atoms. The molecule has 1 fully saturated rings. The molecule has 0 radical (unpaired) electrons. The molecule has 32 heavy (non-hydrogen) atoms. The van der Waals surface area contributed by atoms with E-state index >= 15 is 0 Å². The van der Waals surface area contributed by atoms with Crippen molar-refractivity contribution in [1.82, 2.24) is 4.90 Å². The van der Waals surface area contributed by atoms with Crippen LogP contribution in [0.25, 0.3) is 6.08 Å². The minimum absolute atomic E-state index is 0.0502. The van der Waals surface area contributed by atoms with Gasteiger partial charge in [0.15, 0.2) is 0 Å². The maximum atomic E-state index is 13.7. The zero-order valence-corrected chi connectivity index (χ0v) is 17.6. The molecule has 7 heteroatoms. The lowest BCUT2D eigenvalue weighted by atomic mass is 10.1. The van der Waals surface area contributed by atoms with Crippen LogP contribution in [0.4, 0.5) is 9.18 Å². The number of hydrogen-bond acceptors (Lipinski definition) is 5. The Morgan fingerprint density at radius 3 is 2.38 bits per heavy atom. The number of thioether (sulfide) groups is 1. The Morgan fingerprint density at radius 1 is 0.969 bits per heavy atom. The van der Waals surface area contributed by atoms with Crippen LogP contribution in [-0.4, -0.2) is 16.0 Å². The van der Waals surface area contributed by atoms with E-state index in [2.05, 4.69) is 6.07 Å². The molecule has 4 rings (SSSR count). The smallest absolute Gasteiger partial charge is 0.293 e. The van der Waals surface area contributed by atoms with Gasteiger partial charge in [-0.1, -0.05) is 48.5 Å². The number of benzene rings is 3. The third-order valence-electron chi connectivity index (χ3n) is 4.87. The van der Waals surface area contributed by atoms with Gasteiger partial charge in [-0.3, -0.25) is 14.5 Å². The number of carbonyl (C=O) groups is 2. The van der Waals surface area contributed by atoms with Gasteiger partial charge < -0.3 is 4.74 Å². The molecule has 2 amide bonds. The lowest BCUT2D eigenvalue weighted by Gasteiger charge is -2.13. The molecule has 0 saturated carbocycles. The first-order valence-corrected chi connectivity index (χ1v) is 10.6. The molecule has 1 heterocycles. The van der Waals surface area contributed by atoms with Gasteiger partial charge in [0.25, 0.3) is 11.1 Å². The maximum absolute atomic E-state index is 13.7. The van der Waals surface area contributed by atoms with Crippen molar-refractivity contribution >= 4 is 29.0 Å². The van der Waals surface area contributed by atoms with Gasteiger partial charge >= 0.3 is 0 Å². The number of nitrogens with zero attached hydrogens (tertiary/aromatic N) is 2. The first-order valence-electron chi connectivity index (χ1n) is 9.75. The van der Waals surface area contributed by atoms with Crippen molar-refractivity contribution in [2.45, 2.75) is 13.2 Å². The van der Waals surface area contributed by atoms with Crippen LogP contribution in [0.15, 0.2) is 77.7 Å². The normalized spacial score (nSPS) is 14.6. The van der Waals surface area contributed by atoms with Crippen LogP contribution in [0, 0.1) is 17.1 Å². The van der Waals surface area contributed by atoms with Gasteiger partial charge in [-0.05, 0) is 53.2 Å². The number of nitriles is 1. The highest BCUT2D eigenvalue weighted by atomic mass is 32.2. The van der Waals surface area contributed by atoms with Gasteiger partial charge in [-0.2, -0.15) is 5.26 Å². The molecule has 0 unspecified atom stereocenters. The predicted octanol–water partition coefficient (Wildman–Crippen LogP) is 5.51. The highest BCUT2D eigenvalue weighted by molar-refractivity contribution is 8.18. The van der Waals surface area contributed by atoms with Gasteiger partial charge in [0, 0.05) is 5.56 Å². The fourth-order valence-electron chi connectivity index (χ4n) is 3.16. The summed E-state index contributed by atoms with van der Waals surface area (Å²) in [5.74, 6) is -0.156. The Balaban J connectivity index is 1.43. The summed E-state index contributed by atoms with van der Waals surface area (Å²) in [6.45, 7) is 0.156. The Labute approximate surface area is 188 Å². The van der Waals surface area contributed by atoms with Crippen molar-refractivity contribution in [3.8, 4) is 11.8 Å². The van der Waals surface area contributed by atoms with Crippen molar-refractivity contribution in [3.05, 3.63) is 106 Å². The minimum atomic E-state index is -0.396. The van der Waals surface area contributed by atoms with Gasteiger partial charge in [0.1, 0.15) is 18.2 Å². The molecule has 0 N–H and O–H groups in total. The zero-order valence-electron chi connectivity index (χ0n) is 16.8. The Bertz CT molecular complexity index is 1250. The van der Waals surface area contributed by atoms with Gasteiger partial charge in [-0.15, -0.1) is 0 Å². The van der Waals surface area contributed by atoms with E-state index in [9.17, 15) is 19.2 Å². The van der Waals surface area contributed by atoms with Gasteiger partial charge in [-0.25, -0.2) is 4.39 Å². The number of amides is 2. The maximum Gasteiger partial charge on any atom is 0.293 e. The van der Waals surface area contributed by atoms with E-state index < -0.39 is 5.91 Å². The molecule has 3 aromatic carbocycles. The zero-order chi connectivity index (χ0) is 22.5. The number of halogens is 1. The number of carbonyl (C=O) groups excluding carboxylic acids is 2. The summed E-state index contributed by atoms with van der Waals surface area (Å²) in [6.07, 6.45) is 1.64. The highest BCUT2D eigenvalue weighted by Gasteiger charge is 2.35. The third kappa shape index (κ3) is 4.71. The van der Waals surface area contributed by atoms with E-state index in [1.807, 2.05) is 0 Å². The van der Waals surface area contributed by atoms with Crippen LogP contribution in [0.5, 0.6) is 5.75 Å².